The van der Waals surface area contributed by atoms with Gasteiger partial charge < -0.3 is 89.3 Å². The SMILES string of the molecule is CC(=O)NC(CCC(=O)N[C@H]1CCC(=O)NCCCN(C)CCCN2C(=O)c3ccc4c5c(ccc(c35)C2=O)C(=O)N(CCCN(C)CCCNC1=O)C4=O)C(=O)NC(CCCCN)C(=O)NC(CCC(=O)N[C@H]1CCC(=O)NCCCN(C)CCCN2C(=O)c3ccc4c5c(ccc(c35)C2=O)C(=O)N(CCCN(C)CCCNC1=O)C4=O)C(=O)NC(CCCCN)C(=O)O. The molecule has 12 aliphatic heterocycles. The Balaban J connectivity index is 0.769. The zero-order chi connectivity index (χ0) is 94.0. The maximum absolute atomic E-state index is 14.8. The van der Waals surface area contributed by atoms with Crippen molar-refractivity contribution < 1.29 is 96.2 Å². The molecule has 16 rings (SSSR count). The predicted molar refractivity (Wildman–Crippen MR) is 476 cm³/mol. The Morgan fingerprint density at radius 2 is 0.608 bits per heavy atom. The molecule has 4 aromatic carbocycles. The summed E-state index contributed by atoms with van der Waals surface area (Å²) in [5, 5.41) is 38.3. The molecule has 40 nitrogen and oxygen atoms in total. The highest BCUT2D eigenvalue weighted by Gasteiger charge is 2.43. The number of imide groups is 4. The van der Waals surface area contributed by atoms with Crippen molar-refractivity contribution in [3.63, 3.8) is 0 Å². The molecule has 0 fully saturated rings. The zero-order valence-corrected chi connectivity index (χ0v) is 74.8. The Morgan fingerprint density at radius 3 is 0.885 bits per heavy atom. The number of rotatable bonds is 24. The highest BCUT2D eigenvalue weighted by Crippen LogP contribution is 2.40. The number of benzene rings is 4. The highest BCUT2D eigenvalue weighted by atomic mass is 16.4. The molecule has 4 aromatic rings. The van der Waals surface area contributed by atoms with E-state index in [4.69, 9.17) is 11.5 Å². The molecular formula is C90H124N20O20. The first kappa shape index (κ1) is 100. The van der Waals surface area contributed by atoms with Crippen molar-refractivity contribution in [1.29, 1.82) is 0 Å². The summed E-state index contributed by atoms with van der Waals surface area (Å²) >= 11 is 0. The lowest BCUT2D eigenvalue weighted by molar-refractivity contribution is -0.142. The Hall–Kier alpha value is -12.1. The van der Waals surface area contributed by atoms with Crippen LogP contribution in [-0.4, -0.2) is 339 Å². The van der Waals surface area contributed by atoms with Crippen molar-refractivity contribution in [3.8, 4) is 0 Å². The van der Waals surface area contributed by atoms with E-state index in [1.807, 2.05) is 47.8 Å². The Morgan fingerprint density at radius 1 is 0.354 bits per heavy atom. The first-order chi connectivity index (χ1) is 62.3. The van der Waals surface area contributed by atoms with E-state index in [1.54, 1.807) is 0 Å². The van der Waals surface area contributed by atoms with Gasteiger partial charge >= 0.3 is 5.97 Å². The van der Waals surface area contributed by atoms with E-state index in [2.05, 4.69) is 53.2 Å². The number of carbonyl (C=O) groups is 19. The molecule has 0 aliphatic carbocycles. The highest BCUT2D eigenvalue weighted by molar-refractivity contribution is 6.35. The second-order valence-corrected chi connectivity index (χ2v) is 34.3. The average Bonchev–Trinajstić information content (AvgIpc) is 0.717. The molecule has 0 saturated heterocycles. The molecule has 15 N–H and O–H groups in total. The number of hydrogen-bond donors (Lipinski definition) is 13. The summed E-state index contributed by atoms with van der Waals surface area (Å²) in [4.78, 5) is 277. The van der Waals surface area contributed by atoms with Gasteiger partial charge in [-0.1, -0.05) is 0 Å². The van der Waals surface area contributed by atoms with Crippen LogP contribution in [0.3, 0.4) is 0 Å². The summed E-state index contributed by atoms with van der Waals surface area (Å²) in [6.07, 6.45) is 1.35. The van der Waals surface area contributed by atoms with Gasteiger partial charge in [0.25, 0.3) is 47.3 Å². The fraction of sp³-hybridized carbons (Fsp3) is 0.567. The maximum Gasteiger partial charge on any atom is 0.326 e. The Kier molecular flexibility index (Phi) is 36.9. The number of nitrogens with one attached hydrogen (secondary N) is 10. The van der Waals surface area contributed by atoms with Gasteiger partial charge in [0.05, 0.1) is 0 Å². The van der Waals surface area contributed by atoms with Gasteiger partial charge in [0.15, 0.2) is 0 Å². The van der Waals surface area contributed by atoms with E-state index in [1.165, 1.54) is 58.3 Å². The number of carbonyl (C=O) groups excluding carboxylic acids is 18. The molecule has 12 heterocycles. The standard InChI is InChI=1S/C90H124N20O20/c1-54(111)97-66(30-34-71(114)98-64-28-32-69(112)93-38-10-42-103(2)46-14-50-107-82(121)55-20-24-59-75-60(25-21-56(73(55)75)83(107)122)87(126)109(86(59)125)52-16-48-105(4)44-12-40-95-77(64)116)80(119)100-63(18-6-8-36-91)79(118)101-67(81(120)102-68(90(129)130)19-7-9-37-92)31-35-72(115)99-65-29-33-70(113)94-39-11-43-104(3)47-15-51-108-84(123)57-22-26-61-76-62(27-23-58(74(57)76)85(108)124)89(128)110(88(61)127)53-17-49-106(5)45-13-41-96-78(65)117/h20-27,63-68H,6-19,28-53,91-92H2,1-5H3,(H,93,112)(H,94,113)(H,95,116)(H,96,117)(H,97,111)(H,98,114)(H,99,115)(H,100,119)(H,101,118)(H,102,120)(H,129,130)/t63?,64-,65-,66?,67?,68?/m0/s1. The third-order valence-electron chi connectivity index (χ3n) is 24.3. The van der Waals surface area contributed by atoms with Crippen LogP contribution in [0.15, 0.2) is 48.5 Å². The van der Waals surface area contributed by atoms with Gasteiger partial charge in [0.2, 0.25) is 59.1 Å². The molecule has 4 unspecified atom stereocenters. The summed E-state index contributed by atoms with van der Waals surface area (Å²) in [7, 11) is 7.32. The second-order valence-electron chi connectivity index (χ2n) is 34.3. The van der Waals surface area contributed by atoms with Crippen LogP contribution in [-0.2, 0) is 52.7 Å². The van der Waals surface area contributed by atoms with Crippen molar-refractivity contribution in [2.45, 2.75) is 184 Å². The van der Waals surface area contributed by atoms with Gasteiger partial charge in [-0.3, -0.25) is 106 Å². The summed E-state index contributed by atoms with van der Waals surface area (Å²) in [5.74, 6) is -13.3. The molecule has 0 spiro atoms. The molecule has 0 radical (unpaired) electrons. The van der Waals surface area contributed by atoms with Crippen LogP contribution in [0.25, 0.3) is 21.5 Å². The second kappa shape index (κ2) is 48.0. The minimum absolute atomic E-state index is 0.0411. The number of amides is 18. The summed E-state index contributed by atoms with van der Waals surface area (Å²) < 4.78 is 0. The van der Waals surface area contributed by atoms with Crippen molar-refractivity contribution >= 4 is 134 Å². The van der Waals surface area contributed by atoms with Gasteiger partial charge in [0.1, 0.15) is 36.3 Å². The minimum atomic E-state index is -1.70. The van der Waals surface area contributed by atoms with Crippen LogP contribution in [0.1, 0.15) is 231 Å². The van der Waals surface area contributed by atoms with E-state index in [0.717, 1.165) is 16.7 Å². The monoisotopic (exact) mass is 1800 g/mol. The lowest BCUT2D eigenvalue weighted by Crippen LogP contribution is -2.58. The number of aliphatic carboxylic acids is 1. The first-order valence-corrected chi connectivity index (χ1v) is 45.2. The molecule has 0 saturated carbocycles. The molecule has 704 valence electrons. The van der Waals surface area contributed by atoms with Crippen LogP contribution >= 0.6 is 0 Å². The van der Waals surface area contributed by atoms with Crippen LogP contribution in [0, 0.1) is 0 Å². The van der Waals surface area contributed by atoms with Gasteiger partial charge in [-0.25, -0.2) is 4.79 Å². The van der Waals surface area contributed by atoms with Crippen molar-refractivity contribution in [2.24, 2.45) is 11.5 Å². The molecule has 6 atom stereocenters. The van der Waals surface area contributed by atoms with Crippen LogP contribution in [0.5, 0.6) is 0 Å². The van der Waals surface area contributed by atoms with Crippen LogP contribution in [0.2, 0.25) is 0 Å². The van der Waals surface area contributed by atoms with Gasteiger partial charge in [-0.15, -0.1) is 0 Å². The van der Waals surface area contributed by atoms with E-state index < -0.39 is 174 Å². The van der Waals surface area contributed by atoms with Crippen molar-refractivity contribution in [2.75, 3.05) is 146 Å². The molecular weight excluding hydrogens is 1680 g/mol. The van der Waals surface area contributed by atoms with Crippen molar-refractivity contribution in [1.82, 2.24) is 92.4 Å². The topological polar surface area (TPSA) is 543 Å². The number of nitrogens with zero attached hydrogens (tertiary/aromatic N) is 8. The van der Waals surface area contributed by atoms with Crippen molar-refractivity contribution in [3.05, 3.63) is 93.0 Å². The maximum atomic E-state index is 14.8. The number of hydrogen-bond acceptors (Lipinski definition) is 25. The summed E-state index contributed by atoms with van der Waals surface area (Å²) in [6.45, 7) is 5.94. The van der Waals surface area contributed by atoms with Gasteiger partial charge in [-0.2, -0.15) is 0 Å². The first-order valence-electron chi connectivity index (χ1n) is 45.2. The molecule has 18 amide bonds. The van der Waals surface area contributed by atoms with Crippen LogP contribution in [0.4, 0.5) is 0 Å². The molecule has 16 bridgehead atoms. The predicted octanol–water partition coefficient (Wildman–Crippen LogP) is -0.191. The zero-order valence-electron chi connectivity index (χ0n) is 74.8. The van der Waals surface area contributed by atoms with E-state index >= 15 is 0 Å². The largest absolute Gasteiger partial charge is 0.480 e. The lowest BCUT2D eigenvalue weighted by atomic mass is 9.86. The van der Waals surface area contributed by atoms with E-state index in [0.29, 0.717) is 117 Å². The Bertz CT molecular complexity index is 4820. The van der Waals surface area contributed by atoms with Crippen LogP contribution < -0.4 is 64.6 Å². The number of nitrogens with two attached hydrogens (primary N) is 2. The Labute approximate surface area is 753 Å². The minimum Gasteiger partial charge on any atom is -0.480 e. The van der Waals surface area contributed by atoms with Gasteiger partial charge in [-0.05, 0) is 258 Å². The fourth-order valence-electron chi connectivity index (χ4n) is 17.2. The third-order valence-corrected chi connectivity index (χ3v) is 24.3. The van der Waals surface area contributed by atoms with E-state index in [-0.39, 0.29) is 183 Å². The molecule has 0 aromatic heterocycles. The lowest BCUT2D eigenvalue weighted by Gasteiger charge is -2.32. The summed E-state index contributed by atoms with van der Waals surface area (Å²) in [5.41, 5.74) is 13.3. The fourth-order valence-corrected chi connectivity index (χ4v) is 17.2. The van der Waals surface area contributed by atoms with E-state index in [9.17, 15) is 96.2 Å². The smallest absolute Gasteiger partial charge is 0.326 e. The molecule has 12 aliphatic rings. The number of fused-ring (bicyclic) bond motifs is 4. The average molecular weight is 1810 g/mol. The summed E-state index contributed by atoms with van der Waals surface area (Å²) in [6, 6.07) is 3.35. The van der Waals surface area contributed by atoms with Gasteiger partial charge in [0, 0.05) is 151 Å². The molecule has 40 heteroatoms. The molecule has 130 heavy (non-hydrogen) atoms. The number of carboxylic acids is 1. The third kappa shape index (κ3) is 26.1. The quantitative estimate of drug-likeness (QED) is 0.0319. The normalized spacial score (nSPS) is 20.1. The number of unbranched alkanes of at least 4 members (excludes halogenated alkanes) is 2. The number of carboxylic acid groups (broad SMARTS) is 1.